The average Bonchev–Trinajstić information content (AvgIpc) is 2.45. The fourth-order valence-electron chi connectivity index (χ4n) is 1.72. The van der Waals surface area contributed by atoms with Crippen LogP contribution in [0.2, 0.25) is 5.02 Å². The Kier molecular flexibility index (Phi) is 5.61. The number of ether oxygens (including phenoxy) is 1. The van der Waals surface area contributed by atoms with E-state index in [1.165, 1.54) is 0 Å². The number of hydrogen-bond acceptors (Lipinski definition) is 3. The smallest absolute Gasteiger partial charge is 0.262 e. The molecule has 2 N–H and O–H groups in total. The number of amides is 1. The minimum Gasteiger partial charge on any atom is -0.483 e. The van der Waals surface area contributed by atoms with Gasteiger partial charge >= 0.3 is 0 Å². The SMILES string of the molecule is O=C(COc1ccc(Cl)cc1CO)Nc1cccc(Br)c1. The number of anilines is 1. The number of aliphatic hydroxyl groups is 1. The highest BCUT2D eigenvalue weighted by Gasteiger charge is 2.08. The Morgan fingerprint density at radius 2 is 2.10 bits per heavy atom. The lowest BCUT2D eigenvalue weighted by molar-refractivity contribution is -0.118. The van der Waals surface area contributed by atoms with Crippen LogP contribution in [0, 0.1) is 0 Å². The maximum atomic E-state index is 11.8. The lowest BCUT2D eigenvalue weighted by Gasteiger charge is -2.11. The molecule has 0 spiro atoms. The van der Waals surface area contributed by atoms with Crippen molar-refractivity contribution in [3.63, 3.8) is 0 Å². The standard InChI is InChI=1S/C15H13BrClNO3/c16-11-2-1-3-13(7-11)18-15(20)9-21-14-5-4-12(17)6-10(14)8-19/h1-7,19H,8-9H2,(H,18,20). The van der Waals surface area contributed by atoms with Crippen LogP contribution < -0.4 is 10.1 Å². The van der Waals surface area contributed by atoms with Crippen molar-refractivity contribution in [2.24, 2.45) is 0 Å². The van der Waals surface area contributed by atoms with Crippen molar-refractivity contribution in [1.29, 1.82) is 0 Å². The van der Waals surface area contributed by atoms with E-state index in [-0.39, 0.29) is 19.1 Å². The van der Waals surface area contributed by atoms with Crippen molar-refractivity contribution in [1.82, 2.24) is 0 Å². The van der Waals surface area contributed by atoms with Crippen molar-refractivity contribution < 1.29 is 14.6 Å². The minimum atomic E-state index is -0.285. The normalized spacial score (nSPS) is 10.2. The van der Waals surface area contributed by atoms with E-state index in [0.717, 1.165) is 4.47 Å². The van der Waals surface area contributed by atoms with Gasteiger partial charge in [-0.05, 0) is 36.4 Å². The van der Waals surface area contributed by atoms with E-state index in [9.17, 15) is 9.90 Å². The highest BCUT2D eigenvalue weighted by Crippen LogP contribution is 2.23. The fraction of sp³-hybridized carbons (Fsp3) is 0.133. The van der Waals surface area contributed by atoms with Crippen LogP contribution in [0.25, 0.3) is 0 Å². The number of rotatable bonds is 5. The van der Waals surface area contributed by atoms with Gasteiger partial charge in [0.05, 0.1) is 6.61 Å². The van der Waals surface area contributed by atoms with E-state index in [0.29, 0.717) is 22.0 Å². The summed E-state index contributed by atoms with van der Waals surface area (Å²) in [4.78, 5) is 11.8. The van der Waals surface area contributed by atoms with Crippen molar-refractivity contribution >= 4 is 39.1 Å². The molecule has 0 radical (unpaired) electrons. The first-order chi connectivity index (χ1) is 10.1. The first-order valence-electron chi connectivity index (χ1n) is 6.16. The van der Waals surface area contributed by atoms with Crippen LogP contribution in [0.1, 0.15) is 5.56 Å². The molecule has 0 bridgehead atoms. The predicted molar refractivity (Wildman–Crippen MR) is 85.6 cm³/mol. The Morgan fingerprint density at radius 1 is 1.29 bits per heavy atom. The number of carbonyl (C=O) groups is 1. The van der Waals surface area contributed by atoms with Crippen LogP contribution in [0.5, 0.6) is 5.75 Å². The van der Waals surface area contributed by atoms with Gasteiger partial charge in [-0.3, -0.25) is 4.79 Å². The molecule has 4 nitrogen and oxygen atoms in total. The Bertz CT molecular complexity index is 649. The van der Waals surface area contributed by atoms with Gasteiger partial charge in [-0.2, -0.15) is 0 Å². The molecule has 0 aromatic heterocycles. The molecule has 0 saturated carbocycles. The summed E-state index contributed by atoms with van der Waals surface area (Å²) >= 11 is 9.16. The number of nitrogens with one attached hydrogen (secondary N) is 1. The van der Waals surface area contributed by atoms with Crippen LogP contribution in [0.15, 0.2) is 46.9 Å². The van der Waals surface area contributed by atoms with Gasteiger partial charge in [-0.15, -0.1) is 0 Å². The molecule has 2 rings (SSSR count). The van der Waals surface area contributed by atoms with Gasteiger partial charge in [-0.1, -0.05) is 33.6 Å². The average molecular weight is 371 g/mol. The number of hydrogen-bond donors (Lipinski definition) is 2. The summed E-state index contributed by atoms with van der Waals surface area (Å²) in [5, 5.41) is 12.5. The van der Waals surface area contributed by atoms with Gasteiger partial charge in [0, 0.05) is 20.7 Å². The molecule has 6 heteroatoms. The van der Waals surface area contributed by atoms with Gasteiger partial charge in [-0.25, -0.2) is 0 Å². The quantitative estimate of drug-likeness (QED) is 0.845. The highest BCUT2D eigenvalue weighted by atomic mass is 79.9. The maximum Gasteiger partial charge on any atom is 0.262 e. The van der Waals surface area contributed by atoms with E-state index < -0.39 is 0 Å². The number of carbonyl (C=O) groups excluding carboxylic acids is 1. The summed E-state index contributed by atoms with van der Waals surface area (Å²) in [5.41, 5.74) is 1.22. The van der Waals surface area contributed by atoms with Gasteiger partial charge in [0.25, 0.3) is 5.91 Å². The zero-order valence-electron chi connectivity index (χ0n) is 11.0. The zero-order chi connectivity index (χ0) is 15.2. The van der Waals surface area contributed by atoms with Crippen LogP contribution in [-0.2, 0) is 11.4 Å². The summed E-state index contributed by atoms with van der Waals surface area (Å²) < 4.78 is 6.28. The lowest BCUT2D eigenvalue weighted by Crippen LogP contribution is -2.20. The van der Waals surface area contributed by atoms with E-state index in [2.05, 4.69) is 21.2 Å². The summed E-state index contributed by atoms with van der Waals surface area (Å²) in [7, 11) is 0. The maximum absolute atomic E-state index is 11.8. The molecule has 2 aromatic carbocycles. The molecular weight excluding hydrogens is 358 g/mol. The van der Waals surface area contributed by atoms with E-state index in [1.54, 1.807) is 30.3 Å². The summed E-state index contributed by atoms with van der Waals surface area (Å²) in [6.07, 6.45) is 0. The molecule has 0 aliphatic rings. The summed E-state index contributed by atoms with van der Waals surface area (Å²) in [6.45, 7) is -0.357. The van der Waals surface area contributed by atoms with Crippen LogP contribution in [0.3, 0.4) is 0 Å². The Hall–Kier alpha value is -1.56. The Labute approximate surface area is 135 Å². The molecule has 21 heavy (non-hydrogen) atoms. The number of halogens is 2. The van der Waals surface area contributed by atoms with Crippen LogP contribution >= 0.6 is 27.5 Å². The molecule has 2 aromatic rings. The third-order valence-electron chi connectivity index (χ3n) is 2.66. The topological polar surface area (TPSA) is 58.6 Å². The van der Waals surface area contributed by atoms with Crippen molar-refractivity contribution in [3.05, 3.63) is 57.5 Å². The molecule has 0 fully saturated rings. The number of aliphatic hydroxyl groups excluding tert-OH is 1. The minimum absolute atomic E-state index is 0.152. The fourth-order valence-corrected chi connectivity index (χ4v) is 2.31. The molecular formula is C15H13BrClNO3. The molecule has 1 amide bonds. The Morgan fingerprint density at radius 3 is 2.81 bits per heavy atom. The second-order valence-electron chi connectivity index (χ2n) is 4.26. The monoisotopic (exact) mass is 369 g/mol. The van der Waals surface area contributed by atoms with E-state index >= 15 is 0 Å². The van der Waals surface area contributed by atoms with Gasteiger partial charge in [0.15, 0.2) is 6.61 Å². The van der Waals surface area contributed by atoms with Crippen LogP contribution in [0.4, 0.5) is 5.69 Å². The van der Waals surface area contributed by atoms with Crippen molar-refractivity contribution in [2.45, 2.75) is 6.61 Å². The van der Waals surface area contributed by atoms with E-state index in [1.807, 2.05) is 12.1 Å². The molecule has 0 atom stereocenters. The molecule has 0 heterocycles. The largest absolute Gasteiger partial charge is 0.483 e. The lowest BCUT2D eigenvalue weighted by atomic mass is 10.2. The molecule has 0 aliphatic heterocycles. The van der Waals surface area contributed by atoms with Gasteiger partial charge in [0.2, 0.25) is 0 Å². The molecule has 0 unspecified atom stereocenters. The van der Waals surface area contributed by atoms with Gasteiger partial charge < -0.3 is 15.2 Å². The zero-order valence-corrected chi connectivity index (χ0v) is 13.3. The molecule has 0 aliphatic carbocycles. The highest BCUT2D eigenvalue weighted by molar-refractivity contribution is 9.10. The predicted octanol–water partition coefficient (Wildman–Crippen LogP) is 3.61. The van der Waals surface area contributed by atoms with Crippen molar-refractivity contribution in [3.8, 4) is 5.75 Å². The van der Waals surface area contributed by atoms with Crippen molar-refractivity contribution in [2.75, 3.05) is 11.9 Å². The summed E-state index contributed by atoms with van der Waals surface area (Å²) in [6, 6.07) is 12.1. The summed E-state index contributed by atoms with van der Waals surface area (Å²) in [5.74, 6) is 0.151. The number of benzene rings is 2. The van der Waals surface area contributed by atoms with Gasteiger partial charge in [0.1, 0.15) is 5.75 Å². The third kappa shape index (κ3) is 4.74. The Balaban J connectivity index is 1.95. The van der Waals surface area contributed by atoms with Crippen LogP contribution in [-0.4, -0.2) is 17.6 Å². The first-order valence-corrected chi connectivity index (χ1v) is 7.33. The first kappa shape index (κ1) is 15.8. The van der Waals surface area contributed by atoms with E-state index in [4.69, 9.17) is 16.3 Å². The second kappa shape index (κ2) is 7.45. The third-order valence-corrected chi connectivity index (χ3v) is 3.39. The molecule has 0 saturated heterocycles. The second-order valence-corrected chi connectivity index (χ2v) is 5.61. The molecule has 110 valence electrons.